The van der Waals surface area contributed by atoms with Crippen molar-refractivity contribution in [2.75, 3.05) is 10.2 Å². The zero-order chi connectivity index (χ0) is 26.9. The monoisotopic (exact) mass is 519 g/mol. The number of H-pyrrole nitrogens is 1. The molecule has 190 valence electrons. The quantitative estimate of drug-likeness (QED) is 0.373. The molecule has 0 radical (unpaired) electrons. The predicted octanol–water partition coefficient (Wildman–Crippen LogP) is 3.03. The summed E-state index contributed by atoms with van der Waals surface area (Å²) in [5.41, 5.74) is 2.58. The number of nitrogens with one attached hydrogen (secondary N) is 2. The van der Waals surface area contributed by atoms with Gasteiger partial charge in [-0.3, -0.25) is 9.59 Å². The zero-order valence-corrected chi connectivity index (χ0v) is 20.4. The molecule has 11 nitrogen and oxygen atoms in total. The molecule has 39 heavy (non-hydrogen) atoms. The van der Waals surface area contributed by atoms with E-state index in [2.05, 4.69) is 36.4 Å². The SMILES string of the molecule is Cc1nn(-c2ncnc3nc[nH]c23)c2c1[C@@]1(CC(=O)N2)C(=O)N(Cc2ccc(C#N)cc2)c2ccc(F)cc21. The Balaban J connectivity index is 1.44. The summed E-state index contributed by atoms with van der Waals surface area (Å²) in [5, 5.41) is 16.7. The molecule has 5 heterocycles. The Kier molecular flexibility index (Phi) is 4.68. The standard InChI is InChI=1S/C27H18FN9O2/c1-14-21-24(37(35-14)25-22-23(31-12-30-22)32-13-33-25)34-20(38)9-27(21)18-8-17(28)6-7-19(18)36(26(27)39)11-16-4-2-15(10-29)3-5-16/h2-8,12-13H,9,11H2,1H3,(H,34,38)(H,30,31,32,33)/t27-/m0/s1. The lowest BCUT2D eigenvalue weighted by Crippen LogP contribution is -2.46. The van der Waals surface area contributed by atoms with Crippen molar-refractivity contribution in [3.05, 3.63) is 88.9 Å². The van der Waals surface area contributed by atoms with Gasteiger partial charge < -0.3 is 15.2 Å². The number of anilines is 2. The third-order valence-corrected chi connectivity index (χ3v) is 7.32. The van der Waals surface area contributed by atoms with Crippen LogP contribution in [0, 0.1) is 24.1 Å². The number of aromatic nitrogens is 6. The molecule has 7 rings (SSSR count). The van der Waals surface area contributed by atoms with E-state index in [4.69, 9.17) is 5.26 Å². The van der Waals surface area contributed by atoms with Crippen molar-refractivity contribution in [3.8, 4) is 11.9 Å². The number of hydrogen-bond acceptors (Lipinski definition) is 7. The van der Waals surface area contributed by atoms with Gasteiger partial charge in [0.1, 0.15) is 28.9 Å². The topological polar surface area (TPSA) is 145 Å². The fraction of sp³-hybridized carbons (Fsp3) is 0.148. The van der Waals surface area contributed by atoms with Gasteiger partial charge in [-0.25, -0.2) is 19.3 Å². The smallest absolute Gasteiger partial charge is 0.243 e. The maximum absolute atomic E-state index is 14.7. The van der Waals surface area contributed by atoms with Gasteiger partial charge in [-0.1, -0.05) is 12.1 Å². The maximum atomic E-state index is 14.7. The van der Waals surface area contributed by atoms with Gasteiger partial charge in [0.15, 0.2) is 11.5 Å². The molecule has 12 heteroatoms. The van der Waals surface area contributed by atoms with Gasteiger partial charge in [-0.2, -0.15) is 15.0 Å². The van der Waals surface area contributed by atoms with Crippen LogP contribution in [0.1, 0.15) is 34.4 Å². The number of rotatable bonds is 3. The first-order chi connectivity index (χ1) is 18.9. The Labute approximate surface area is 219 Å². The number of carbonyl (C=O) groups excluding carboxylic acids is 2. The lowest BCUT2D eigenvalue weighted by molar-refractivity contribution is -0.126. The summed E-state index contributed by atoms with van der Waals surface area (Å²) in [4.78, 5) is 44.9. The van der Waals surface area contributed by atoms with E-state index in [0.29, 0.717) is 45.1 Å². The number of halogens is 1. The number of nitrogens with zero attached hydrogens (tertiary/aromatic N) is 7. The number of imidazole rings is 1. The Morgan fingerprint density at radius 2 is 1.95 bits per heavy atom. The van der Waals surface area contributed by atoms with E-state index in [1.165, 1.54) is 29.5 Å². The van der Waals surface area contributed by atoms with E-state index in [-0.39, 0.29) is 24.7 Å². The minimum atomic E-state index is -1.50. The number of aryl methyl sites for hydroxylation is 1. The van der Waals surface area contributed by atoms with Crippen molar-refractivity contribution in [2.24, 2.45) is 0 Å². The summed E-state index contributed by atoms with van der Waals surface area (Å²) in [6.45, 7) is 1.92. The highest BCUT2D eigenvalue weighted by Gasteiger charge is 2.58. The Morgan fingerprint density at radius 3 is 2.74 bits per heavy atom. The highest BCUT2D eigenvalue weighted by molar-refractivity contribution is 6.16. The van der Waals surface area contributed by atoms with Crippen LogP contribution in [0.2, 0.25) is 0 Å². The third-order valence-electron chi connectivity index (χ3n) is 7.32. The van der Waals surface area contributed by atoms with Crippen LogP contribution >= 0.6 is 0 Å². The Hall–Kier alpha value is -5.44. The second-order valence-corrected chi connectivity index (χ2v) is 9.51. The Morgan fingerprint density at radius 1 is 1.13 bits per heavy atom. The van der Waals surface area contributed by atoms with Gasteiger partial charge in [-0.15, -0.1) is 0 Å². The summed E-state index contributed by atoms with van der Waals surface area (Å²) in [5.74, 6) is -0.669. The fourth-order valence-corrected chi connectivity index (χ4v) is 5.70. The van der Waals surface area contributed by atoms with Crippen LogP contribution < -0.4 is 10.2 Å². The van der Waals surface area contributed by atoms with Crippen LogP contribution in [-0.2, 0) is 21.5 Å². The Bertz CT molecular complexity index is 1890. The molecular formula is C27H18FN9O2. The van der Waals surface area contributed by atoms with Crippen molar-refractivity contribution in [2.45, 2.75) is 25.3 Å². The largest absolute Gasteiger partial charge is 0.340 e. The van der Waals surface area contributed by atoms with Crippen molar-refractivity contribution in [1.82, 2.24) is 29.7 Å². The predicted molar refractivity (Wildman–Crippen MR) is 136 cm³/mol. The second kappa shape index (κ2) is 8.03. The highest BCUT2D eigenvalue weighted by Crippen LogP contribution is 2.54. The van der Waals surface area contributed by atoms with E-state index in [1.807, 2.05) is 0 Å². The number of aromatic amines is 1. The van der Waals surface area contributed by atoms with Gasteiger partial charge in [0.2, 0.25) is 11.8 Å². The summed E-state index contributed by atoms with van der Waals surface area (Å²) < 4.78 is 16.2. The molecule has 2 amide bonds. The van der Waals surface area contributed by atoms with E-state index in [9.17, 15) is 14.0 Å². The van der Waals surface area contributed by atoms with Crippen molar-refractivity contribution in [3.63, 3.8) is 0 Å². The fourth-order valence-electron chi connectivity index (χ4n) is 5.70. The van der Waals surface area contributed by atoms with Crippen molar-refractivity contribution >= 4 is 34.5 Å². The number of amides is 2. The van der Waals surface area contributed by atoms with Crippen LogP contribution in [0.4, 0.5) is 15.9 Å². The van der Waals surface area contributed by atoms with Gasteiger partial charge in [0, 0.05) is 17.7 Å². The molecule has 1 atom stereocenters. The molecule has 0 saturated carbocycles. The molecular weight excluding hydrogens is 501 g/mol. The normalized spacial score (nSPS) is 17.8. The minimum Gasteiger partial charge on any atom is -0.340 e. The first kappa shape index (κ1) is 22.7. The van der Waals surface area contributed by atoms with Gasteiger partial charge in [0.25, 0.3) is 0 Å². The molecule has 1 spiro atoms. The highest BCUT2D eigenvalue weighted by atomic mass is 19.1. The van der Waals surface area contributed by atoms with E-state index in [1.54, 1.807) is 42.2 Å². The van der Waals surface area contributed by atoms with Crippen LogP contribution in [0.25, 0.3) is 17.0 Å². The average molecular weight is 520 g/mol. The molecule has 0 saturated heterocycles. The third kappa shape index (κ3) is 3.13. The van der Waals surface area contributed by atoms with E-state index < -0.39 is 17.1 Å². The number of fused-ring (bicyclic) bond motifs is 5. The summed E-state index contributed by atoms with van der Waals surface area (Å²) in [6.07, 6.45) is 2.61. The molecule has 0 unspecified atom stereocenters. The summed E-state index contributed by atoms with van der Waals surface area (Å²) in [6, 6.07) is 13.2. The first-order valence-electron chi connectivity index (χ1n) is 12.1. The van der Waals surface area contributed by atoms with E-state index in [0.717, 1.165) is 5.56 Å². The maximum Gasteiger partial charge on any atom is 0.243 e. The molecule has 0 fully saturated rings. The summed E-state index contributed by atoms with van der Waals surface area (Å²) >= 11 is 0. The van der Waals surface area contributed by atoms with Crippen LogP contribution in [-0.4, -0.2) is 41.5 Å². The number of nitriles is 1. The van der Waals surface area contributed by atoms with E-state index >= 15 is 0 Å². The van der Waals surface area contributed by atoms with Crippen LogP contribution in [0.3, 0.4) is 0 Å². The number of carbonyl (C=O) groups is 2. The second-order valence-electron chi connectivity index (χ2n) is 9.51. The van der Waals surface area contributed by atoms with Crippen LogP contribution in [0.15, 0.2) is 55.1 Å². The van der Waals surface area contributed by atoms with Crippen LogP contribution in [0.5, 0.6) is 0 Å². The molecule has 0 bridgehead atoms. The molecule has 3 aromatic heterocycles. The zero-order valence-electron chi connectivity index (χ0n) is 20.4. The van der Waals surface area contributed by atoms with Gasteiger partial charge in [0.05, 0.1) is 30.2 Å². The molecule has 2 aliphatic heterocycles. The number of hydrogen-bond donors (Lipinski definition) is 2. The molecule has 2 aliphatic rings. The average Bonchev–Trinajstić information content (AvgIpc) is 3.60. The minimum absolute atomic E-state index is 0.176. The molecule has 0 aliphatic carbocycles. The lowest BCUT2D eigenvalue weighted by atomic mass is 9.70. The molecule has 5 aromatic rings. The van der Waals surface area contributed by atoms with Crippen molar-refractivity contribution in [1.29, 1.82) is 5.26 Å². The van der Waals surface area contributed by atoms with Gasteiger partial charge >= 0.3 is 0 Å². The first-order valence-corrected chi connectivity index (χ1v) is 12.1. The molecule has 2 N–H and O–H groups in total. The van der Waals surface area contributed by atoms with Crippen molar-refractivity contribution < 1.29 is 14.0 Å². The summed E-state index contributed by atoms with van der Waals surface area (Å²) in [7, 11) is 0. The number of benzene rings is 2. The molecule has 2 aromatic carbocycles. The lowest BCUT2D eigenvalue weighted by Gasteiger charge is -2.33. The van der Waals surface area contributed by atoms with Gasteiger partial charge in [-0.05, 0) is 48.4 Å².